The Morgan fingerprint density at radius 1 is 0.935 bits per heavy atom. The first-order chi connectivity index (χ1) is 15.2. The number of amides is 1. The Bertz CT molecular complexity index is 1190. The van der Waals surface area contributed by atoms with Gasteiger partial charge in [0.05, 0.1) is 23.9 Å². The van der Waals surface area contributed by atoms with Crippen molar-refractivity contribution in [2.45, 2.75) is 19.8 Å². The molecule has 4 aromatic rings. The molecule has 0 aliphatic rings. The van der Waals surface area contributed by atoms with Crippen LogP contribution in [0.1, 0.15) is 27.9 Å². The first kappa shape index (κ1) is 20.6. The maximum Gasteiger partial charge on any atom is 0.252 e. The number of nitrogens with one attached hydrogen (secondary N) is 1. The van der Waals surface area contributed by atoms with Crippen LogP contribution in [-0.4, -0.2) is 24.5 Å². The van der Waals surface area contributed by atoms with E-state index in [1.807, 2.05) is 73.7 Å². The van der Waals surface area contributed by atoms with Gasteiger partial charge in [0, 0.05) is 17.5 Å². The number of nitrogens with zero attached hydrogens (tertiary/aromatic N) is 1. The maximum absolute atomic E-state index is 13.2. The number of carbonyl (C=O) groups is 1. The number of para-hydroxylation sites is 1. The van der Waals surface area contributed by atoms with Crippen LogP contribution in [-0.2, 0) is 6.42 Å². The number of benzene rings is 3. The number of ether oxygens (including phenoxy) is 1. The van der Waals surface area contributed by atoms with Gasteiger partial charge in [0.15, 0.2) is 0 Å². The van der Waals surface area contributed by atoms with Gasteiger partial charge in [-0.05, 0) is 61.2 Å². The second-order valence-electron chi connectivity index (χ2n) is 7.55. The molecule has 0 saturated heterocycles. The van der Waals surface area contributed by atoms with Gasteiger partial charge in [-0.2, -0.15) is 0 Å². The number of hydrogen-bond acceptors (Lipinski definition) is 3. The zero-order valence-electron chi connectivity index (χ0n) is 17.9. The summed E-state index contributed by atoms with van der Waals surface area (Å²) >= 11 is 0. The molecule has 0 aliphatic carbocycles. The molecule has 156 valence electrons. The first-order valence-corrected chi connectivity index (χ1v) is 10.5. The molecule has 0 aliphatic heterocycles. The highest BCUT2D eigenvalue weighted by Gasteiger charge is 2.18. The van der Waals surface area contributed by atoms with Crippen molar-refractivity contribution in [3.63, 3.8) is 0 Å². The van der Waals surface area contributed by atoms with Crippen LogP contribution in [0.4, 0.5) is 0 Å². The summed E-state index contributed by atoms with van der Waals surface area (Å²) in [5.74, 6) is 0.734. The Kier molecular flexibility index (Phi) is 6.27. The van der Waals surface area contributed by atoms with Crippen LogP contribution in [0.25, 0.3) is 22.2 Å². The van der Waals surface area contributed by atoms with Crippen LogP contribution in [0.5, 0.6) is 5.75 Å². The Hall–Kier alpha value is -3.66. The number of pyridine rings is 1. The molecule has 1 aromatic heterocycles. The zero-order valence-corrected chi connectivity index (χ0v) is 17.9. The summed E-state index contributed by atoms with van der Waals surface area (Å²) in [6, 6.07) is 25.9. The van der Waals surface area contributed by atoms with Crippen molar-refractivity contribution in [2.24, 2.45) is 0 Å². The van der Waals surface area contributed by atoms with E-state index in [9.17, 15) is 4.79 Å². The molecule has 0 unspecified atom stereocenters. The number of methoxy groups -OCH3 is 1. The van der Waals surface area contributed by atoms with E-state index < -0.39 is 0 Å². The molecule has 4 rings (SSSR count). The highest BCUT2D eigenvalue weighted by atomic mass is 16.5. The van der Waals surface area contributed by atoms with E-state index in [4.69, 9.17) is 9.72 Å². The summed E-state index contributed by atoms with van der Waals surface area (Å²) in [4.78, 5) is 18.1. The number of carbonyl (C=O) groups excluding carboxylic acids is 1. The molecular weight excluding hydrogens is 384 g/mol. The lowest BCUT2D eigenvalue weighted by Gasteiger charge is -2.15. The van der Waals surface area contributed by atoms with E-state index in [0.29, 0.717) is 12.1 Å². The average Bonchev–Trinajstić information content (AvgIpc) is 2.82. The third kappa shape index (κ3) is 4.58. The fraction of sp³-hybridized carbons (Fsp3) is 0.185. The molecule has 4 nitrogen and oxygen atoms in total. The van der Waals surface area contributed by atoms with Gasteiger partial charge < -0.3 is 10.1 Å². The number of rotatable bonds is 7. The van der Waals surface area contributed by atoms with Crippen molar-refractivity contribution in [2.75, 3.05) is 13.7 Å². The predicted octanol–water partition coefficient (Wildman–Crippen LogP) is 5.58. The lowest BCUT2D eigenvalue weighted by atomic mass is 9.97. The minimum absolute atomic E-state index is 0.0566. The predicted molar refractivity (Wildman–Crippen MR) is 126 cm³/mol. The summed E-state index contributed by atoms with van der Waals surface area (Å²) < 4.78 is 5.27. The molecule has 0 spiro atoms. The number of aromatic nitrogens is 1. The van der Waals surface area contributed by atoms with E-state index in [1.165, 1.54) is 5.56 Å². The van der Waals surface area contributed by atoms with Crippen LogP contribution in [0, 0.1) is 6.92 Å². The summed E-state index contributed by atoms with van der Waals surface area (Å²) in [5, 5.41) is 3.99. The Morgan fingerprint density at radius 2 is 1.65 bits per heavy atom. The van der Waals surface area contributed by atoms with Crippen molar-refractivity contribution in [1.82, 2.24) is 10.3 Å². The normalized spacial score (nSPS) is 10.8. The molecule has 0 bridgehead atoms. The quantitative estimate of drug-likeness (QED) is 0.405. The lowest BCUT2D eigenvalue weighted by Crippen LogP contribution is -2.26. The highest BCUT2D eigenvalue weighted by Crippen LogP contribution is 2.30. The highest BCUT2D eigenvalue weighted by molar-refractivity contribution is 6.08. The van der Waals surface area contributed by atoms with E-state index >= 15 is 0 Å². The van der Waals surface area contributed by atoms with Gasteiger partial charge in [0.25, 0.3) is 5.91 Å². The zero-order chi connectivity index (χ0) is 21.6. The molecular formula is C27H26N2O2. The number of hydrogen-bond donors (Lipinski definition) is 1. The summed E-state index contributed by atoms with van der Waals surface area (Å²) in [6.45, 7) is 2.60. The summed E-state index contributed by atoms with van der Waals surface area (Å²) in [7, 11) is 1.65. The first-order valence-electron chi connectivity index (χ1n) is 10.5. The molecule has 3 aromatic carbocycles. The monoisotopic (exact) mass is 410 g/mol. The fourth-order valence-corrected chi connectivity index (χ4v) is 3.86. The maximum atomic E-state index is 13.2. The second kappa shape index (κ2) is 9.43. The van der Waals surface area contributed by atoms with E-state index in [0.717, 1.165) is 46.3 Å². The van der Waals surface area contributed by atoms with E-state index in [2.05, 4.69) is 17.4 Å². The summed E-state index contributed by atoms with van der Waals surface area (Å²) in [6.07, 6.45) is 1.83. The van der Waals surface area contributed by atoms with Gasteiger partial charge in [0.1, 0.15) is 5.75 Å². The van der Waals surface area contributed by atoms with Crippen LogP contribution >= 0.6 is 0 Å². The van der Waals surface area contributed by atoms with Crippen molar-refractivity contribution in [1.29, 1.82) is 0 Å². The van der Waals surface area contributed by atoms with Gasteiger partial charge in [-0.1, -0.05) is 48.5 Å². The Morgan fingerprint density at radius 3 is 2.39 bits per heavy atom. The van der Waals surface area contributed by atoms with Crippen LogP contribution in [0.3, 0.4) is 0 Å². The molecule has 0 saturated carbocycles. The SMILES string of the molecule is COc1ccc(-c2nc3ccccc3c(C(=O)NCCCc3ccccc3)c2C)cc1. The molecule has 1 amide bonds. The van der Waals surface area contributed by atoms with Gasteiger partial charge in [-0.3, -0.25) is 4.79 Å². The second-order valence-corrected chi connectivity index (χ2v) is 7.55. The standard InChI is InChI=1S/C27H26N2O2/c1-19-25(27(30)28-18-8-11-20-9-4-3-5-10-20)23-12-6-7-13-24(23)29-26(19)21-14-16-22(31-2)17-15-21/h3-7,9-10,12-17H,8,11,18H2,1-2H3,(H,28,30). The molecule has 31 heavy (non-hydrogen) atoms. The van der Waals surface area contributed by atoms with Gasteiger partial charge in [0.2, 0.25) is 0 Å². The van der Waals surface area contributed by atoms with Gasteiger partial charge in [-0.15, -0.1) is 0 Å². The van der Waals surface area contributed by atoms with Crippen LogP contribution in [0.15, 0.2) is 78.9 Å². The minimum Gasteiger partial charge on any atom is -0.497 e. The number of aryl methyl sites for hydroxylation is 1. The van der Waals surface area contributed by atoms with Crippen molar-refractivity contribution >= 4 is 16.8 Å². The third-order valence-electron chi connectivity index (χ3n) is 5.50. The summed E-state index contributed by atoms with van der Waals surface area (Å²) in [5.41, 5.74) is 5.44. The minimum atomic E-state index is -0.0566. The van der Waals surface area contributed by atoms with Crippen molar-refractivity contribution in [3.05, 3.63) is 95.6 Å². The van der Waals surface area contributed by atoms with E-state index in [1.54, 1.807) is 7.11 Å². The number of fused-ring (bicyclic) bond motifs is 1. The Labute approximate surface area is 182 Å². The van der Waals surface area contributed by atoms with Crippen molar-refractivity contribution in [3.8, 4) is 17.0 Å². The molecule has 1 N–H and O–H groups in total. The van der Waals surface area contributed by atoms with Crippen LogP contribution in [0.2, 0.25) is 0 Å². The van der Waals surface area contributed by atoms with Crippen molar-refractivity contribution < 1.29 is 9.53 Å². The molecule has 0 fully saturated rings. The molecule has 0 radical (unpaired) electrons. The lowest BCUT2D eigenvalue weighted by molar-refractivity contribution is 0.0954. The average molecular weight is 411 g/mol. The molecule has 4 heteroatoms. The third-order valence-corrected chi connectivity index (χ3v) is 5.50. The van der Waals surface area contributed by atoms with Gasteiger partial charge >= 0.3 is 0 Å². The molecule has 1 heterocycles. The van der Waals surface area contributed by atoms with E-state index in [-0.39, 0.29) is 5.91 Å². The fourth-order valence-electron chi connectivity index (χ4n) is 3.86. The topological polar surface area (TPSA) is 51.2 Å². The Balaban J connectivity index is 1.60. The molecule has 0 atom stereocenters. The van der Waals surface area contributed by atoms with Crippen LogP contribution < -0.4 is 10.1 Å². The smallest absolute Gasteiger partial charge is 0.252 e. The van der Waals surface area contributed by atoms with Gasteiger partial charge in [-0.25, -0.2) is 4.98 Å². The largest absolute Gasteiger partial charge is 0.497 e.